The monoisotopic (exact) mass is 326 g/mol. The first kappa shape index (κ1) is 16.5. The molecule has 0 bridgehead atoms. The average Bonchev–Trinajstić information content (AvgIpc) is 2.94. The van der Waals surface area contributed by atoms with E-state index in [1.807, 2.05) is 30.0 Å². The van der Waals surface area contributed by atoms with Crippen molar-refractivity contribution in [2.75, 3.05) is 32.7 Å². The van der Waals surface area contributed by atoms with Gasteiger partial charge >= 0.3 is 0 Å². The van der Waals surface area contributed by atoms with Gasteiger partial charge in [0.2, 0.25) is 0 Å². The molecule has 1 aliphatic rings. The van der Waals surface area contributed by atoms with Gasteiger partial charge < -0.3 is 14.3 Å². The van der Waals surface area contributed by atoms with E-state index >= 15 is 0 Å². The van der Waals surface area contributed by atoms with Crippen LogP contribution < -0.4 is 4.90 Å². The molecule has 0 unspecified atom stereocenters. The molecule has 0 radical (unpaired) electrons. The van der Waals surface area contributed by atoms with Gasteiger partial charge in [-0.25, -0.2) is 0 Å². The molecular formula is C19H24N3O2+. The molecule has 2 aromatic rings. The van der Waals surface area contributed by atoms with Crippen molar-refractivity contribution in [2.24, 2.45) is 0 Å². The lowest BCUT2D eigenvalue weighted by molar-refractivity contribution is -0.898. The second-order valence-corrected chi connectivity index (χ2v) is 6.26. The Morgan fingerprint density at radius 3 is 2.58 bits per heavy atom. The summed E-state index contributed by atoms with van der Waals surface area (Å²) < 4.78 is 5.11. The van der Waals surface area contributed by atoms with Crippen LogP contribution in [0.4, 0.5) is 0 Å². The fraction of sp³-hybridized carbons (Fsp3) is 0.368. The summed E-state index contributed by atoms with van der Waals surface area (Å²) in [5.74, 6) is 0.656. The number of piperazine rings is 1. The van der Waals surface area contributed by atoms with E-state index in [1.54, 1.807) is 6.92 Å². The SMILES string of the molecule is Cc1noc(C)c1C(=O)N1CC[NH+](C/C=C/c2ccccc2)CC1. The van der Waals surface area contributed by atoms with Gasteiger partial charge in [-0.3, -0.25) is 4.79 Å². The topological polar surface area (TPSA) is 50.8 Å². The minimum Gasteiger partial charge on any atom is -0.361 e. The predicted octanol–water partition coefficient (Wildman–Crippen LogP) is 1.35. The lowest BCUT2D eigenvalue weighted by Crippen LogP contribution is -3.14. The third-order valence-electron chi connectivity index (χ3n) is 4.52. The Morgan fingerprint density at radius 1 is 1.25 bits per heavy atom. The average molecular weight is 326 g/mol. The third-order valence-corrected chi connectivity index (χ3v) is 4.52. The summed E-state index contributed by atoms with van der Waals surface area (Å²) in [6.45, 7) is 8.09. The van der Waals surface area contributed by atoms with Crippen LogP contribution in [-0.2, 0) is 0 Å². The number of amides is 1. The number of aryl methyl sites for hydroxylation is 2. The number of carbonyl (C=O) groups is 1. The fourth-order valence-corrected chi connectivity index (χ4v) is 3.10. The molecular weight excluding hydrogens is 302 g/mol. The summed E-state index contributed by atoms with van der Waals surface area (Å²) in [5.41, 5.74) is 2.53. The summed E-state index contributed by atoms with van der Waals surface area (Å²) in [5, 5.41) is 3.88. The molecule has 24 heavy (non-hydrogen) atoms. The molecule has 0 aliphatic carbocycles. The summed E-state index contributed by atoms with van der Waals surface area (Å²) in [6.07, 6.45) is 4.38. The van der Waals surface area contributed by atoms with Gasteiger partial charge in [0.1, 0.15) is 11.3 Å². The van der Waals surface area contributed by atoms with Crippen molar-refractivity contribution in [3.05, 3.63) is 59.0 Å². The summed E-state index contributed by atoms with van der Waals surface area (Å²) in [4.78, 5) is 16.0. The quantitative estimate of drug-likeness (QED) is 0.923. The van der Waals surface area contributed by atoms with Gasteiger partial charge in [0.25, 0.3) is 5.91 Å². The van der Waals surface area contributed by atoms with Crippen molar-refractivity contribution < 1.29 is 14.2 Å². The Kier molecular flexibility index (Phi) is 5.11. The molecule has 126 valence electrons. The smallest absolute Gasteiger partial charge is 0.259 e. The van der Waals surface area contributed by atoms with E-state index in [9.17, 15) is 4.79 Å². The zero-order valence-corrected chi connectivity index (χ0v) is 14.3. The zero-order chi connectivity index (χ0) is 16.9. The van der Waals surface area contributed by atoms with Crippen molar-refractivity contribution in [3.63, 3.8) is 0 Å². The Bertz CT molecular complexity index is 694. The van der Waals surface area contributed by atoms with Crippen LogP contribution >= 0.6 is 0 Å². The van der Waals surface area contributed by atoms with Crippen LogP contribution in [0.3, 0.4) is 0 Å². The van der Waals surface area contributed by atoms with Gasteiger partial charge in [-0.15, -0.1) is 0 Å². The number of carbonyl (C=O) groups excluding carboxylic acids is 1. The molecule has 0 spiro atoms. The van der Waals surface area contributed by atoms with Gasteiger partial charge in [-0.2, -0.15) is 0 Å². The minimum absolute atomic E-state index is 0.0464. The molecule has 3 rings (SSSR count). The second-order valence-electron chi connectivity index (χ2n) is 6.26. The van der Waals surface area contributed by atoms with Crippen LogP contribution in [0.1, 0.15) is 27.4 Å². The molecule has 5 heteroatoms. The number of nitrogens with one attached hydrogen (secondary N) is 1. The summed E-state index contributed by atoms with van der Waals surface area (Å²) in [6, 6.07) is 10.3. The lowest BCUT2D eigenvalue weighted by atomic mass is 10.1. The van der Waals surface area contributed by atoms with Crippen molar-refractivity contribution in [3.8, 4) is 0 Å². The van der Waals surface area contributed by atoms with E-state index in [2.05, 4.69) is 29.4 Å². The van der Waals surface area contributed by atoms with Crippen molar-refractivity contribution in [1.29, 1.82) is 0 Å². The summed E-state index contributed by atoms with van der Waals surface area (Å²) >= 11 is 0. The highest BCUT2D eigenvalue weighted by atomic mass is 16.5. The number of hydrogen-bond acceptors (Lipinski definition) is 3. The summed E-state index contributed by atoms with van der Waals surface area (Å²) in [7, 11) is 0. The second kappa shape index (κ2) is 7.45. The standard InChI is InChI=1S/C19H23N3O2/c1-15-18(16(2)24-20-15)19(23)22-13-11-21(12-14-22)10-6-9-17-7-4-3-5-8-17/h3-9H,10-14H2,1-2H3/p+1/b9-6+. The first-order valence-electron chi connectivity index (χ1n) is 8.42. The van der Waals surface area contributed by atoms with E-state index in [1.165, 1.54) is 10.5 Å². The minimum atomic E-state index is 0.0464. The highest BCUT2D eigenvalue weighted by Gasteiger charge is 2.27. The molecule has 2 heterocycles. The van der Waals surface area contributed by atoms with Crippen LogP contribution in [0.25, 0.3) is 6.08 Å². The van der Waals surface area contributed by atoms with Crippen LogP contribution in [0, 0.1) is 13.8 Å². The Morgan fingerprint density at radius 2 is 1.96 bits per heavy atom. The highest BCUT2D eigenvalue weighted by molar-refractivity contribution is 5.96. The van der Waals surface area contributed by atoms with Gasteiger partial charge in [0, 0.05) is 0 Å². The molecule has 1 amide bonds. The third kappa shape index (κ3) is 3.74. The maximum absolute atomic E-state index is 12.6. The zero-order valence-electron chi connectivity index (χ0n) is 14.3. The Balaban J connectivity index is 1.51. The molecule has 1 aliphatic heterocycles. The van der Waals surface area contributed by atoms with E-state index in [4.69, 9.17) is 4.52 Å². The van der Waals surface area contributed by atoms with Gasteiger partial charge in [-0.05, 0) is 25.5 Å². The molecule has 0 atom stereocenters. The van der Waals surface area contributed by atoms with Crippen LogP contribution in [-0.4, -0.2) is 48.7 Å². The van der Waals surface area contributed by atoms with Gasteiger partial charge in [0.15, 0.2) is 0 Å². The molecule has 1 N–H and O–H groups in total. The van der Waals surface area contributed by atoms with Gasteiger partial charge in [0.05, 0.1) is 38.4 Å². The highest BCUT2D eigenvalue weighted by Crippen LogP contribution is 2.15. The number of benzene rings is 1. The normalized spacial score (nSPS) is 16.0. The molecule has 1 aromatic heterocycles. The number of hydrogen-bond donors (Lipinski definition) is 1. The van der Waals surface area contributed by atoms with Gasteiger partial charge in [-0.1, -0.05) is 41.6 Å². The fourth-order valence-electron chi connectivity index (χ4n) is 3.10. The largest absolute Gasteiger partial charge is 0.361 e. The first-order valence-corrected chi connectivity index (χ1v) is 8.42. The van der Waals surface area contributed by atoms with E-state index in [0.29, 0.717) is 17.0 Å². The van der Waals surface area contributed by atoms with Crippen molar-refractivity contribution in [1.82, 2.24) is 10.1 Å². The molecule has 1 saturated heterocycles. The van der Waals surface area contributed by atoms with Crippen LogP contribution in [0.15, 0.2) is 40.9 Å². The lowest BCUT2D eigenvalue weighted by Gasteiger charge is -2.31. The first-order chi connectivity index (χ1) is 11.6. The Hall–Kier alpha value is -2.40. The number of quaternary nitrogens is 1. The maximum Gasteiger partial charge on any atom is 0.259 e. The van der Waals surface area contributed by atoms with E-state index in [-0.39, 0.29) is 5.91 Å². The number of rotatable bonds is 4. The van der Waals surface area contributed by atoms with Crippen molar-refractivity contribution >= 4 is 12.0 Å². The molecule has 0 saturated carbocycles. The molecule has 1 fully saturated rings. The predicted molar refractivity (Wildman–Crippen MR) is 92.9 cm³/mol. The van der Waals surface area contributed by atoms with Crippen LogP contribution in [0.5, 0.6) is 0 Å². The molecule has 5 nitrogen and oxygen atoms in total. The van der Waals surface area contributed by atoms with E-state index < -0.39 is 0 Å². The maximum atomic E-state index is 12.6. The molecule has 1 aromatic carbocycles. The number of aromatic nitrogens is 1. The van der Waals surface area contributed by atoms with Crippen molar-refractivity contribution in [2.45, 2.75) is 13.8 Å². The number of nitrogens with zero attached hydrogens (tertiary/aromatic N) is 2. The Labute approximate surface area is 142 Å². The van der Waals surface area contributed by atoms with Crippen LogP contribution in [0.2, 0.25) is 0 Å². The van der Waals surface area contributed by atoms with E-state index in [0.717, 1.165) is 32.7 Å².